The maximum Gasteiger partial charge on any atom is 0.253 e. The lowest BCUT2D eigenvalue weighted by Crippen LogP contribution is -2.34. The fourth-order valence-corrected chi connectivity index (χ4v) is 2.26. The average Bonchev–Trinajstić information content (AvgIpc) is 2.36. The van der Waals surface area contributed by atoms with Gasteiger partial charge in [-0.25, -0.2) is 0 Å². The highest BCUT2D eigenvalue weighted by Crippen LogP contribution is 2.11. The molecule has 1 heterocycles. The monoisotopic (exact) mass is 312 g/mol. The minimum absolute atomic E-state index is 0.0293. The van der Waals surface area contributed by atoms with Crippen LogP contribution in [0.25, 0.3) is 0 Å². The van der Waals surface area contributed by atoms with Gasteiger partial charge in [-0.2, -0.15) is 0 Å². The maximum atomic E-state index is 12.1. The van der Waals surface area contributed by atoms with E-state index < -0.39 is 0 Å². The van der Waals surface area contributed by atoms with Crippen LogP contribution in [0.15, 0.2) is 22.9 Å². The van der Waals surface area contributed by atoms with Crippen molar-refractivity contribution in [3.63, 3.8) is 0 Å². The normalized spacial score (nSPS) is 12.2. The average molecular weight is 313 g/mol. The summed E-state index contributed by atoms with van der Waals surface area (Å²) in [5.74, 6) is -0.0293. The van der Waals surface area contributed by atoms with E-state index in [9.17, 15) is 4.79 Å². The van der Waals surface area contributed by atoms with Crippen LogP contribution in [0, 0.1) is 0 Å². The largest absolute Gasteiger partial charge is 0.349 e. The van der Waals surface area contributed by atoms with Crippen LogP contribution in [0.1, 0.15) is 56.3 Å². The van der Waals surface area contributed by atoms with Gasteiger partial charge < -0.3 is 5.32 Å². The van der Waals surface area contributed by atoms with E-state index in [-0.39, 0.29) is 11.9 Å². The first-order chi connectivity index (χ1) is 8.67. The van der Waals surface area contributed by atoms with Crippen LogP contribution in [0.3, 0.4) is 0 Å². The summed E-state index contributed by atoms with van der Waals surface area (Å²) in [7, 11) is 0. The number of rotatable bonds is 7. The van der Waals surface area contributed by atoms with Crippen molar-refractivity contribution in [3.05, 3.63) is 28.5 Å². The van der Waals surface area contributed by atoms with Crippen molar-refractivity contribution >= 4 is 21.8 Å². The topological polar surface area (TPSA) is 42.0 Å². The number of unbranched alkanes of at least 4 members (excludes halogenated alkanes) is 1. The third-order valence-electron chi connectivity index (χ3n) is 2.85. The van der Waals surface area contributed by atoms with Crippen molar-refractivity contribution in [2.24, 2.45) is 0 Å². The number of pyridine rings is 1. The molecule has 1 atom stereocenters. The van der Waals surface area contributed by atoms with Gasteiger partial charge in [-0.05, 0) is 34.8 Å². The Balaban J connectivity index is 2.59. The summed E-state index contributed by atoms with van der Waals surface area (Å²) in [6.45, 7) is 4.31. The molecule has 1 unspecified atom stereocenters. The molecule has 0 aromatic carbocycles. The van der Waals surface area contributed by atoms with Gasteiger partial charge in [0.2, 0.25) is 0 Å². The van der Waals surface area contributed by atoms with E-state index in [2.05, 4.69) is 40.1 Å². The van der Waals surface area contributed by atoms with E-state index in [1.807, 2.05) is 0 Å². The van der Waals surface area contributed by atoms with Crippen molar-refractivity contribution in [2.75, 3.05) is 0 Å². The molecule has 0 aliphatic heterocycles. The zero-order valence-corrected chi connectivity index (χ0v) is 12.7. The van der Waals surface area contributed by atoms with Crippen LogP contribution in [0.4, 0.5) is 0 Å². The summed E-state index contributed by atoms with van der Waals surface area (Å²) < 4.78 is 0.829. The zero-order chi connectivity index (χ0) is 13.4. The van der Waals surface area contributed by atoms with Gasteiger partial charge >= 0.3 is 0 Å². The summed E-state index contributed by atoms with van der Waals surface area (Å²) in [5, 5.41) is 3.10. The van der Waals surface area contributed by atoms with Crippen LogP contribution in [-0.4, -0.2) is 16.9 Å². The van der Waals surface area contributed by atoms with Crippen molar-refractivity contribution in [2.45, 2.75) is 52.0 Å². The fraction of sp³-hybridized carbons (Fsp3) is 0.571. The SMILES string of the molecule is CCCCC(CCC)NC(=O)c1cncc(Br)c1. The van der Waals surface area contributed by atoms with E-state index in [0.717, 1.165) is 36.6 Å². The Bertz CT molecular complexity index is 382. The highest BCUT2D eigenvalue weighted by atomic mass is 79.9. The first-order valence-electron chi connectivity index (χ1n) is 6.58. The Morgan fingerprint density at radius 2 is 2.11 bits per heavy atom. The predicted molar refractivity (Wildman–Crippen MR) is 77.6 cm³/mol. The molecule has 1 aromatic heterocycles. The van der Waals surface area contributed by atoms with Gasteiger partial charge in [-0.3, -0.25) is 9.78 Å². The molecule has 0 radical (unpaired) electrons. The summed E-state index contributed by atoms with van der Waals surface area (Å²) in [6.07, 6.45) is 8.77. The van der Waals surface area contributed by atoms with Crippen LogP contribution in [0.2, 0.25) is 0 Å². The van der Waals surface area contributed by atoms with Crippen molar-refractivity contribution in [1.29, 1.82) is 0 Å². The lowest BCUT2D eigenvalue weighted by molar-refractivity contribution is 0.0931. The highest BCUT2D eigenvalue weighted by molar-refractivity contribution is 9.10. The quantitative estimate of drug-likeness (QED) is 0.828. The molecule has 0 aliphatic carbocycles. The Kier molecular flexibility index (Phi) is 6.94. The zero-order valence-electron chi connectivity index (χ0n) is 11.1. The second-order valence-electron chi connectivity index (χ2n) is 4.49. The van der Waals surface area contributed by atoms with E-state index >= 15 is 0 Å². The molecule has 1 rings (SSSR count). The molecule has 4 heteroatoms. The molecular formula is C14H21BrN2O. The molecule has 1 amide bonds. The predicted octanol–water partition coefficient (Wildman–Crippen LogP) is 3.93. The van der Waals surface area contributed by atoms with Crippen molar-refractivity contribution in [1.82, 2.24) is 10.3 Å². The second-order valence-corrected chi connectivity index (χ2v) is 5.41. The molecule has 1 aromatic rings. The first kappa shape index (κ1) is 15.2. The molecule has 100 valence electrons. The van der Waals surface area contributed by atoms with E-state index in [4.69, 9.17) is 0 Å². The number of hydrogen-bond donors (Lipinski definition) is 1. The van der Waals surface area contributed by atoms with Crippen molar-refractivity contribution < 1.29 is 4.79 Å². The van der Waals surface area contributed by atoms with Crippen LogP contribution in [-0.2, 0) is 0 Å². The molecule has 3 nitrogen and oxygen atoms in total. The molecule has 0 saturated heterocycles. The van der Waals surface area contributed by atoms with Crippen LogP contribution < -0.4 is 5.32 Å². The molecule has 0 bridgehead atoms. The van der Waals surface area contributed by atoms with Gasteiger partial charge in [0, 0.05) is 22.9 Å². The molecule has 0 fully saturated rings. The van der Waals surface area contributed by atoms with E-state index in [1.54, 1.807) is 18.5 Å². The third-order valence-corrected chi connectivity index (χ3v) is 3.28. The van der Waals surface area contributed by atoms with Gasteiger partial charge in [0.1, 0.15) is 0 Å². The number of aromatic nitrogens is 1. The molecule has 0 spiro atoms. The van der Waals surface area contributed by atoms with Crippen LogP contribution >= 0.6 is 15.9 Å². The molecule has 1 N–H and O–H groups in total. The number of nitrogens with zero attached hydrogens (tertiary/aromatic N) is 1. The first-order valence-corrected chi connectivity index (χ1v) is 7.38. The Morgan fingerprint density at radius 3 is 2.72 bits per heavy atom. The van der Waals surface area contributed by atoms with Gasteiger partial charge in [0.15, 0.2) is 0 Å². The number of amides is 1. The summed E-state index contributed by atoms with van der Waals surface area (Å²) in [4.78, 5) is 16.1. The second kappa shape index (κ2) is 8.25. The minimum atomic E-state index is -0.0293. The fourth-order valence-electron chi connectivity index (χ4n) is 1.89. The molecule has 18 heavy (non-hydrogen) atoms. The van der Waals surface area contributed by atoms with Gasteiger partial charge in [0.25, 0.3) is 5.91 Å². The van der Waals surface area contributed by atoms with E-state index in [0.29, 0.717) is 5.56 Å². The Morgan fingerprint density at radius 1 is 1.33 bits per heavy atom. The van der Waals surface area contributed by atoms with Gasteiger partial charge in [0.05, 0.1) is 5.56 Å². The number of halogens is 1. The lowest BCUT2D eigenvalue weighted by atomic mass is 10.0. The van der Waals surface area contributed by atoms with Gasteiger partial charge in [-0.15, -0.1) is 0 Å². The van der Waals surface area contributed by atoms with E-state index in [1.165, 1.54) is 0 Å². The number of hydrogen-bond acceptors (Lipinski definition) is 2. The smallest absolute Gasteiger partial charge is 0.253 e. The highest BCUT2D eigenvalue weighted by Gasteiger charge is 2.13. The summed E-state index contributed by atoms with van der Waals surface area (Å²) in [6, 6.07) is 2.08. The third kappa shape index (κ3) is 5.17. The summed E-state index contributed by atoms with van der Waals surface area (Å²) in [5.41, 5.74) is 0.613. The standard InChI is InChI=1S/C14H21BrN2O/c1-3-5-7-13(6-4-2)17-14(18)11-8-12(15)10-16-9-11/h8-10,13H,3-7H2,1-2H3,(H,17,18). The van der Waals surface area contributed by atoms with Crippen LogP contribution in [0.5, 0.6) is 0 Å². The molecule has 0 aliphatic rings. The minimum Gasteiger partial charge on any atom is -0.349 e. The number of nitrogens with one attached hydrogen (secondary N) is 1. The molecule has 0 saturated carbocycles. The Labute approximate surface area is 118 Å². The number of carbonyl (C=O) groups is 1. The maximum absolute atomic E-state index is 12.1. The lowest BCUT2D eigenvalue weighted by Gasteiger charge is -2.17. The van der Waals surface area contributed by atoms with Gasteiger partial charge in [-0.1, -0.05) is 33.1 Å². The Hall–Kier alpha value is -0.900. The summed E-state index contributed by atoms with van der Waals surface area (Å²) >= 11 is 3.33. The molecular weight excluding hydrogens is 292 g/mol. The van der Waals surface area contributed by atoms with Crippen molar-refractivity contribution in [3.8, 4) is 0 Å². The number of carbonyl (C=O) groups excluding carboxylic acids is 1.